The molecule has 0 unspecified atom stereocenters. The third-order valence-corrected chi connectivity index (χ3v) is 6.36. The number of ether oxygens (including phenoxy) is 1. The quantitative estimate of drug-likeness (QED) is 0.654. The molecule has 2 fully saturated rings. The fourth-order valence-corrected chi connectivity index (χ4v) is 4.66. The van der Waals surface area contributed by atoms with E-state index in [1.54, 1.807) is 0 Å². The van der Waals surface area contributed by atoms with Crippen molar-refractivity contribution in [3.8, 4) is 11.1 Å². The molecule has 2 saturated heterocycles. The van der Waals surface area contributed by atoms with Gasteiger partial charge in [-0.05, 0) is 34.5 Å². The largest absolute Gasteiger partial charge is 0.379 e. The number of hydrogen-bond donors (Lipinski definition) is 0. The maximum atomic E-state index is 13.4. The maximum absolute atomic E-state index is 13.4. The summed E-state index contributed by atoms with van der Waals surface area (Å²) < 4.78 is 5.45. The number of nitrogens with zero attached hydrogens (tertiary/aromatic N) is 4. The molecular weight excluding hydrogens is 388 g/mol. The number of anilines is 1. The van der Waals surface area contributed by atoms with E-state index in [1.807, 2.05) is 54.4 Å². The average molecular weight is 417 g/mol. The number of fused-ring (bicyclic) bond motifs is 1. The summed E-state index contributed by atoms with van der Waals surface area (Å²) in [6, 6.07) is 16.7. The molecule has 160 valence electrons. The van der Waals surface area contributed by atoms with Crippen molar-refractivity contribution in [1.82, 2.24) is 14.8 Å². The van der Waals surface area contributed by atoms with Gasteiger partial charge < -0.3 is 14.5 Å². The summed E-state index contributed by atoms with van der Waals surface area (Å²) >= 11 is 0. The van der Waals surface area contributed by atoms with E-state index in [2.05, 4.69) is 34.1 Å². The number of rotatable bonds is 4. The van der Waals surface area contributed by atoms with E-state index < -0.39 is 0 Å². The summed E-state index contributed by atoms with van der Waals surface area (Å²) in [5.41, 5.74) is 2.94. The molecule has 0 N–H and O–H groups in total. The van der Waals surface area contributed by atoms with Crippen molar-refractivity contribution in [3.63, 3.8) is 0 Å². The van der Waals surface area contributed by atoms with Crippen LogP contribution in [0.1, 0.15) is 10.4 Å². The summed E-state index contributed by atoms with van der Waals surface area (Å²) in [5, 5.41) is 2.07. The monoisotopic (exact) mass is 416 g/mol. The molecule has 0 saturated carbocycles. The highest BCUT2D eigenvalue weighted by molar-refractivity contribution is 6.11. The molecule has 2 aliphatic rings. The van der Waals surface area contributed by atoms with Crippen molar-refractivity contribution < 1.29 is 9.53 Å². The number of hydrogen-bond acceptors (Lipinski definition) is 5. The van der Waals surface area contributed by atoms with Crippen LogP contribution in [0.2, 0.25) is 0 Å². The van der Waals surface area contributed by atoms with Gasteiger partial charge in [0.2, 0.25) is 0 Å². The van der Waals surface area contributed by atoms with Crippen molar-refractivity contribution >= 4 is 22.5 Å². The van der Waals surface area contributed by atoms with Crippen molar-refractivity contribution in [2.24, 2.45) is 0 Å². The van der Waals surface area contributed by atoms with Gasteiger partial charge in [0.05, 0.1) is 13.2 Å². The van der Waals surface area contributed by atoms with Crippen LogP contribution < -0.4 is 4.90 Å². The van der Waals surface area contributed by atoms with Crippen LogP contribution in [-0.2, 0) is 4.74 Å². The molecule has 0 radical (unpaired) electrons. The summed E-state index contributed by atoms with van der Waals surface area (Å²) in [5.74, 6) is 1.04. The zero-order valence-corrected chi connectivity index (χ0v) is 18.1. The van der Waals surface area contributed by atoms with Crippen LogP contribution in [0.3, 0.4) is 0 Å². The molecule has 6 heteroatoms. The summed E-state index contributed by atoms with van der Waals surface area (Å²) in [6.45, 7) is 5.09. The Labute approximate surface area is 183 Å². The molecule has 0 bridgehead atoms. The molecule has 1 aromatic heterocycles. The minimum absolute atomic E-state index is 0.117. The Morgan fingerprint density at radius 2 is 1.68 bits per heavy atom. The smallest absolute Gasteiger partial charge is 0.254 e. The lowest BCUT2D eigenvalue weighted by atomic mass is 9.94. The van der Waals surface area contributed by atoms with Gasteiger partial charge in [-0.2, -0.15) is 0 Å². The van der Waals surface area contributed by atoms with Crippen LogP contribution in [0.25, 0.3) is 21.9 Å². The number of benzene rings is 2. The van der Waals surface area contributed by atoms with E-state index in [0.717, 1.165) is 72.7 Å². The predicted octanol–water partition coefficient (Wildman–Crippen LogP) is 3.12. The molecule has 0 atom stereocenters. The Balaban J connectivity index is 1.45. The lowest BCUT2D eigenvalue weighted by Gasteiger charge is -2.46. The number of carbonyl (C=O) groups excluding carboxylic acids is 1. The first-order valence-corrected chi connectivity index (χ1v) is 10.9. The predicted molar refractivity (Wildman–Crippen MR) is 124 cm³/mol. The van der Waals surface area contributed by atoms with Gasteiger partial charge in [-0.25, -0.2) is 4.98 Å². The molecule has 6 nitrogen and oxygen atoms in total. The molecule has 0 aliphatic carbocycles. The van der Waals surface area contributed by atoms with E-state index in [0.29, 0.717) is 6.04 Å². The zero-order chi connectivity index (χ0) is 21.4. The van der Waals surface area contributed by atoms with Gasteiger partial charge in [-0.3, -0.25) is 9.69 Å². The first kappa shape index (κ1) is 20.0. The topological polar surface area (TPSA) is 48.9 Å². The highest BCUT2D eigenvalue weighted by Gasteiger charge is 2.36. The van der Waals surface area contributed by atoms with E-state index in [4.69, 9.17) is 4.74 Å². The molecule has 1 amide bonds. The van der Waals surface area contributed by atoms with Gasteiger partial charge in [-0.15, -0.1) is 0 Å². The van der Waals surface area contributed by atoms with E-state index in [9.17, 15) is 4.79 Å². The number of amides is 1. The standard InChI is InChI=1S/C25H28N4O2/c1-27(2)24-22(10-5-11-26-24)20-7-3-8-21-19(20)6-4-9-23(21)25(30)29-16-18(17-29)28-12-14-31-15-13-28/h3-11,18H,12-17H2,1-2H3. The van der Waals surface area contributed by atoms with Gasteiger partial charge in [0.15, 0.2) is 0 Å². The molecular formula is C25H28N4O2. The van der Waals surface area contributed by atoms with Gasteiger partial charge in [0.25, 0.3) is 5.91 Å². The van der Waals surface area contributed by atoms with Crippen LogP contribution in [0, 0.1) is 0 Å². The SMILES string of the molecule is CN(C)c1ncccc1-c1cccc2c(C(=O)N3CC(N4CCOCC4)C3)cccc12. The second kappa shape index (κ2) is 8.29. The average Bonchev–Trinajstić information content (AvgIpc) is 2.78. The van der Waals surface area contributed by atoms with Crippen molar-refractivity contribution in [1.29, 1.82) is 0 Å². The van der Waals surface area contributed by atoms with Gasteiger partial charge >= 0.3 is 0 Å². The number of carbonyl (C=O) groups is 1. The van der Waals surface area contributed by atoms with Crippen LogP contribution in [0.15, 0.2) is 54.7 Å². The van der Waals surface area contributed by atoms with E-state index >= 15 is 0 Å². The molecule has 3 heterocycles. The fraction of sp³-hybridized carbons (Fsp3) is 0.360. The maximum Gasteiger partial charge on any atom is 0.254 e. The highest BCUT2D eigenvalue weighted by atomic mass is 16.5. The first-order chi connectivity index (χ1) is 15.1. The summed E-state index contributed by atoms with van der Waals surface area (Å²) in [6.07, 6.45) is 1.81. The third-order valence-electron chi connectivity index (χ3n) is 6.36. The second-order valence-corrected chi connectivity index (χ2v) is 8.49. The molecule has 0 spiro atoms. The van der Waals surface area contributed by atoms with Gasteiger partial charge in [0.1, 0.15) is 5.82 Å². The summed E-state index contributed by atoms with van der Waals surface area (Å²) in [7, 11) is 4.00. The Morgan fingerprint density at radius 3 is 2.45 bits per heavy atom. The Hall–Kier alpha value is -2.96. The minimum Gasteiger partial charge on any atom is -0.379 e. The van der Waals surface area contributed by atoms with E-state index in [1.165, 1.54) is 0 Å². The second-order valence-electron chi connectivity index (χ2n) is 8.49. The number of pyridine rings is 1. The molecule has 31 heavy (non-hydrogen) atoms. The third kappa shape index (κ3) is 3.66. The molecule has 3 aromatic rings. The Kier molecular flexibility index (Phi) is 5.34. The van der Waals surface area contributed by atoms with Crippen molar-refractivity contribution in [3.05, 3.63) is 60.3 Å². The number of morpholine rings is 1. The zero-order valence-electron chi connectivity index (χ0n) is 18.1. The lowest BCUT2D eigenvalue weighted by Crippen LogP contribution is -2.62. The fourth-order valence-electron chi connectivity index (χ4n) is 4.66. The number of aromatic nitrogens is 1. The van der Waals surface area contributed by atoms with Gasteiger partial charge in [-0.1, -0.05) is 30.3 Å². The van der Waals surface area contributed by atoms with Crippen molar-refractivity contribution in [2.75, 3.05) is 58.4 Å². The molecule has 2 aromatic carbocycles. The minimum atomic E-state index is 0.117. The Morgan fingerprint density at radius 1 is 0.968 bits per heavy atom. The van der Waals surface area contributed by atoms with Crippen LogP contribution in [0.4, 0.5) is 5.82 Å². The lowest BCUT2D eigenvalue weighted by molar-refractivity contribution is -0.0255. The van der Waals surface area contributed by atoms with Crippen molar-refractivity contribution in [2.45, 2.75) is 6.04 Å². The van der Waals surface area contributed by atoms with Crippen LogP contribution in [-0.4, -0.2) is 80.2 Å². The highest BCUT2D eigenvalue weighted by Crippen LogP contribution is 2.35. The Bertz CT molecular complexity index is 1100. The normalized spacial score (nSPS) is 17.5. The molecule has 5 rings (SSSR count). The van der Waals surface area contributed by atoms with Gasteiger partial charge in [0, 0.05) is 63.6 Å². The van der Waals surface area contributed by atoms with Crippen LogP contribution >= 0.6 is 0 Å². The van der Waals surface area contributed by atoms with Crippen LogP contribution in [0.5, 0.6) is 0 Å². The molecule has 2 aliphatic heterocycles. The summed E-state index contributed by atoms with van der Waals surface area (Å²) in [4.78, 5) is 24.3. The number of likely N-dealkylation sites (tertiary alicyclic amines) is 1. The first-order valence-electron chi connectivity index (χ1n) is 10.9. The van der Waals surface area contributed by atoms with E-state index in [-0.39, 0.29) is 5.91 Å².